The van der Waals surface area contributed by atoms with Crippen LogP contribution in [0.2, 0.25) is 0 Å². The van der Waals surface area contributed by atoms with Crippen LogP contribution < -0.4 is 25.3 Å². The van der Waals surface area contributed by atoms with Gasteiger partial charge in [-0.15, -0.1) is 0 Å². The minimum Gasteiger partial charge on any atom is -0.492 e. The number of aliphatic hydroxyl groups excluding tert-OH is 1. The number of nitrogens with one attached hydrogen (secondary N) is 1. The Balaban J connectivity index is 1.42. The minimum atomic E-state index is -1.19. The van der Waals surface area contributed by atoms with Gasteiger partial charge in [-0.05, 0) is 38.8 Å². The van der Waals surface area contributed by atoms with Crippen molar-refractivity contribution in [1.29, 1.82) is 0 Å². The third-order valence-corrected chi connectivity index (χ3v) is 8.01. The molecule has 15 heteroatoms. The van der Waals surface area contributed by atoms with Crippen molar-refractivity contribution in [1.82, 2.24) is 15.1 Å². The molecule has 1 amide bonds. The van der Waals surface area contributed by atoms with Crippen LogP contribution in [0.25, 0.3) is 5.57 Å². The zero-order valence-electron chi connectivity index (χ0n) is 26.1. The van der Waals surface area contributed by atoms with E-state index in [-0.39, 0.29) is 36.5 Å². The molecule has 6 rings (SSSR count). The van der Waals surface area contributed by atoms with Gasteiger partial charge in [0.2, 0.25) is 11.7 Å². The molecule has 1 aromatic rings. The van der Waals surface area contributed by atoms with Crippen LogP contribution in [0.3, 0.4) is 0 Å². The fourth-order valence-electron chi connectivity index (χ4n) is 5.80. The molecule has 0 spiro atoms. The highest BCUT2D eigenvalue weighted by Crippen LogP contribution is 2.53. The lowest BCUT2D eigenvalue weighted by molar-refractivity contribution is -0.141. The number of hydrogen-bond acceptors (Lipinski definition) is 14. The molecule has 0 aromatic heterocycles. The number of benzene rings is 1. The Morgan fingerprint density at radius 3 is 2.80 bits per heavy atom. The van der Waals surface area contributed by atoms with Crippen molar-refractivity contribution < 1.29 is 38.7 Å². The highest BCUT2D eigenvalue weighted by molar-refractivity contribution is 6.69. The lowest BCUT2D eigenvalue weighted by atomic mass is 9.90. The normalized spacial score (nSPS) is 22.2. The minimum absolute atomic E-state index is 0.0669. The van der Waals surface area contributed by atoms with Crippen LogP contribution in [-0.4, -0.2) is 93.8 Å². The molecule has 1 unspecified atom stereocenters. The quantitative estimate of drug-likeness (QED) is 0.266. The SMILES string of the molecule is CCCOc1c2c(c(CO)c3c1/C(=C/CN1C=CNC1N1CN=C4C(=O)N=C(N)N=C41)C=C(C(=O)OCC)O3)O[C@H](C(C)(C)O)C2. The number of allylic oxidation sites excluding steroid dienone is 2. The number of ether oxygens (including phenoxy) is 4. The zero-order chi connectivity index (χ0) is 32.7. The topological polar surface area (TPSA) is 193 Å². The number of carbonyl (C=O) groups excluding carboxylic acids is 2. The first-order chi connectivity index (χ1) is 22.0. The van der Waals surface area contributed by atoms with Crippen molar-refractivity contribution in [2.24, 2.45) is 20.7 Å². The van der Waals surface area contributed by atoms with Gasteiger partial charge < -0.3 is 45.1 Å². The van der Waals surface area contributed by atoms with Gasteiger partial charge in [0.25, 0.3) is 0 Å². The molecule has 0 radical (unpaired) electrons. The summed E-state index contributed by atoms with van der Waals surface area (Å²) in [6.45, 7) is 7.56. The molecule has 5 N–H and O–H groups in total. The van der Waals surface area contributed by atoms with Gasteiger partial charge >= 0.3 is 11.9 Å². The molecule has 5 aliphatic rings. The monoisotopic (exact) mass is 635 g/mol. The molecule has 0 bridgehead atoms. The van der Waals surface area contributed by atoms with Gasteiger partial charge in [0.1, 0.15) is 30.0 Å². The van der Waals surface area contributed by atoms with Crippen LogP contribution in [0, 0.1) is 0 Å². The first kappa shape index (κ1) is 31.1. The summed E-state index contributed by atoms with van der Waals surface area (Å²) < 4.78 is 24.0. The molecule has 0 fully saturated rings. The Bertz CT molecular complexity index is 1650. The van der Waals surface area contributed by atoms with Crippen molar-refractivity contribution in [2.75, 3.05) is 26.4 Å². The van der Waals surface area contributed by atoms with Crippen molar-refractivity contribution in [3.8, 4) is 17.2 Å². The molecule has 46 heavy (non-hydrogen) atoms. The number of nitrogens with zero attached hydrogens (tertiary/aromatic N) is 5. The summed E-state index contributed by atoms with van der Waals surface area (Å²) in [6.07, 6.45) is 7.10. The Morgan fingerprint density at radius 1 is 1.28 bits per heavy atom. The van der Waals surface area contributed by atoms with Crippen LogP contribution in [0.15, 0.2) is 45.3 Å². The molecule has 0 saturated heterocycles. The Hall–Kier alpha value is -4.89. The summed E-state index contributed by atoms with van der Waals surface area (Å²) in [4.78, 5) is 41.4. The van der Waals surface area contributed by atoms with Crippen molar-refractivity contribution >= 4 is 35.0 Å². The van der Waals surface area contributed by atoms with E-state index in [0.29, 0.717) is 59.2 Å². The van der Waals surface area contributed by atoms with Gasteiger partial charge in [-0.25, -0.2) is 4.79 Å². The molecule has 5 aliphatic heterocycles. The average molecular weight is 636 g/mol. The van der Waals surface area contributed by atoms with Crippen molar-refractivity contribution in [3.63, 3.8) is 0 Å². The fraction of sp³-hybridized carbons (Fsp3) is 0.452. The molecule has 0 aliphatic carbocycles. The number of esters is 1. The highest BCUT2D eigenvalue weighted by Gasteiger charge is 2.43. The number of aliphatic imine (C=N–C) groups is 3. The first-order valence-electron chi connectivity index (χ1n) is 15.1. The standard InChI is InChI=1S/C31H37N7O8/c1-5-11-44-24-17-13-20(31(3,4)42)46-23(17)18(14-39)25-21(24)16(12-19(45-25)28(41)43-6-2)7-9-37-10-8-33-30(37)38-15-34-22-26(38)35-29(32)36-27(22)40/h7-8,10,12,20,30,33,39,42H,5-6,9,11,13-15H2,1-4H3,(H2,32,36,40)/b16-7+/t20-,30?/m0/s1. The molecule has 2 atom stereocenters. The molecule has 1 aromatic carbocycles. The van der Waals surface area contributed by atoms with E-state index in [1.807, 2.05) is 24.1 Å². The van der Waals surface area contributed by atoms with Crippen molar-refractivity contribution in [2.45, 2.75) is 65.1 Å². The van der Waals surface area contributed by atoms with Gasteiger partial charge in [-0.3, -0.25) is 14.7 Å². The number of hydrogen-bond donors (Lipinski definition) is 4. The summed E-state index contributed by atoms with van der Waals surface area (Å²) in [7, 11) is 0. The second-order valence-electron chi connectivity index (χ2n) is 11.7. The van der Waals surface area contributed by atoms with Crippen LogP contribution in [0.5, 0.6) is 17.2 Å². The first-order valence-corrected chi connectivity index (χ1v) is 15.1. The van der Waals surface area contributed by atoms with Crippen LogP contribution >= 0.6 is 0 Å². The number of rotatable bonds is 10. The second-order valence-corrected chi connectivity index (χ2v) is 11.7. The maximum Gasteiger partial charge on any atom is 0.374 e. The molecule has 0 saturated carbocycles. The van der Waals surface area contributed by atoms with Crippen LogP contribution in [0.4, 0.5) is 0 Å². The van der Waals surface area contributed by atoms with Gasteiger partial charge in [0.05, 0.1) is 36.5 Å². The fourth-order valence-corrected chi connectivity index (χ4v) is 5.80. The third-order valence-electron chi connectivity index (χ3n) is 8.01. The van der Waals surface area contributed by atoms with E-state index in [1.54, 1.807) is 37.9 Å². The summed E-state index contributed by atoms with van der Waals surface area (Å²) in [5.74, 6) is -0.00147. The van der Waals surface area contributed by atoms with Crippen LogP contribution in [0.1, 0.15) is 50.8 Å². The smallest absolute Gasteiger partial charge is 0.374 e. The lowest BCUT2D eigenvalue weighted by Gasteiger charge is -2.34. The highest BCUT2D eigenvalue weighted by atomic mass is 16.6. The Morgan fingerprint density at radius 2 is 2.09 bits per heavy atom. The van der Waals surface area contributed by atoms with Crippen LogP contribution in [-0.2, 0) is 27.4 Å². The number of amidine groups is 1. The predicted octanol–water partition coefficient (Wildman–Crippen LogP) is 0.892. The number of nitrogens with two attached hydrogens (primary N) is 1. The summed E-state index contributed by atoms with van der Waals surface area (Å²) >= 11 is 0. The lowest BCUT2D eigenvalue weighted by Crippen LogP contribution is -2.53. The maximum absolute atomic E-state index is 13.0. The van der Waals surface area contributed by atoms with E-state index in [1.165, 1.54) is 0 Å². The summed E-state index contributed by atoms with van der Waals surface area (Å²) in [5, 5.41) is 24.7. The number of amides is 1. The number of aliphatic hydroxyl groups is 2. The largest absolute Gasteiger partial charge is 0.492 e. The average Bonchev–Trinajstić information content (AvgIpc) is 3.76. The summed E-state index contributed by atoms with van der Waals surface area (Å²) in [5.41, 5.74) is 6.92. The van der Waals surface area contributed by atoms with E-state index in [0.717, 1.165) is 6.42 Å². The van der Waals surface area contributed by atoms with Gasteiger partial charge in [0.15, 0.2) is 17.8 Å². The number of guanidine groups is 1. The third kappa shape index (κ3) is 5.45. The summed E-state index contributed by atoms with van der Waals surface area (Å²) in [6, 6.07) is 0. The van der Waals surface area contributed by atoms with Crippen molar-refractivity contribution in [3.05, 3.63) is 47.0 Å². The van der Waals surface area contributed by atoms with Gasteiger partial charge in [-0.1, -0.05) is 13.0 Å². The van der Waals surface area contributed by atoms with E-state index in [9.17, 15) is 19.8 Å². The molecular weight excluding hydrogens is 598 g/mol. The van der Waals surface area contributed by atoms with E-state index < -0.39 is 36.5 Å². The molecule has 244 valence electrons. The second kappa shape index (κ2) is 12.1. The van der Waals surface area contributed by atoms with Gasteiger partial charge in [-0.2, -0.15) is 9.98 Å². The predicted molar refractivity (Wildman–Crippen MR) is 167 cm³/mol. The maximum atomic E-state index is 13.0. The zero-order valence-corrected chi connectivity index (χ0v) is 26.1. The van der Waals surface area contributed by atoms with Gasteiger partial charge in [0, 0.05) is 30.9 Å². The molecule has 15 nitrogen and oxygen atoms in total. The molecular formula is C31H37N7O8. The van der Waals surface area contributed by atoms with E-state index in [2.05, 4.69) is 20.3 Å². The Kier molecular flexibility index (Phi) is 8.20. The number of carbonyl (C=O) groups is 2. The molecule has 5 heterocycles. The van der Waals surface area contributed by atoms with E-state index >= 15 is 0 Å². The Labute approximate surface area is 265 Å². The van der Waals surface area contributed by atoms with E-state index in [4.69, 9.17) is 24.7 Å². The number of fused-ring (bicyclic) bond motifs is 3.